The number of aromatic nitrogens is 2. The summed E-state index contributed by atoms with van der Waals surface area (Å²) in [6, 6.07) is 7.66. The predicted octanol–water partition coefficient (Wildman–Crippen LogP) is 0.120. The number of para-hydroxylation sites is 2. The number of nitrogens with zero attached hydrogens (tertiary/aromatic N) is 2. The number of carbonyl (C=O) groups excluding carboxylic acids is 1. The second kappa shape index (κ2) is 4.84. The molecule has 0 fully saturated rings. The van der Waals surface area contributed by atoms with E-state index >= 15 is 0 Å². The van der Waals surface area contributed by atoms with E-state index in [2.05, 4.69) is 4.98 Å². The van der Waals surface area contributed by atoms with Crippen LogP contribution in [0.25, 0.3) is 11.0 Å². The summed E-state index contributed by atoms with van der Waals surface area (Å²) in [6.45, 7) is 0.833. The number of benzene rings is 1. The molecule has 0 spiro atoms. The van der Waals surface area contributed by atoms with Crippen LogP contribution in [0, 0.1) is 0 Å². The molecule has 0 aliphatic carbocycles. The van der Waals surface area contributed by atoms with E-state index in [0.29, 0.717) is 19.1 Å². The number of anilines is 1. The second-order valence-electron chi connectivity index (χ2n) is 3.63. The number of carbonyl (C=O) groups is 1. The van der Waals surface area contributed by atoms with Gasteiger partial charge in [-0.2, -0.15) is 0 Å². The number of ether oxygens (including phenoxy) is 1. The molecule has 17 heavy (non-hydrogen) atoms. The molecule has 0 saturated carbocycles. The minimum Gasteiger partial charge on any atom is -0.370 e. The zero-order chi connectivity index (χ0) is 12.3. The average Bonchev–Trinajstić information content (AvgIpc) is 2.60. The topological polar surface area (TPSA) is 96.2 Å². The molecule has 0 aliphatic rings. The third kappa shape index (κ3) is 2.54. The third-order valence-electron chi connectivity index (χ3n) is 2.39. The van der Waals surface area contributed by atoms with E-state index in [4.69, 9.17) is 16.2 Å². The van der Waals surface area contributed by atoms with E-state index in [0.717, 1.165) is 11.0 Å². The van der Waals surface area contributed by atoms with Crippen molar-refractivity contribution in [2.24, 2.45) is 5.73 Å². The van der Waals surface area contributed by atoms with Gasteiger partial charge in [0.2, 0.25) is 11.9 Å². The highest BCUT2D eigenvalue weighted by Crippen LogP contribution is 2.16. The van der Waals surface area contributed by atoms with Gasteiger partial charge in [-0.25, -0.2) is 4.98 Å². The Hall–Kier alpha value is -2.08. The van der Waals surface area contributed by atoms with Gasteiger partial charge in [0.15, 0.2) is 0 Å². The summed E-state index contributed by atoms with van der Waals surface area (Å²) in [4.78, 5) is 14.7. The smallest absolute Gasteiger partial charge is 0.243 e. The Balaban J connectivity index is 2.07. The monoisotopic (exact) mass is 234 g/mol. The third-order valence-corrected chi connectivity index (χ3v) is 2.39. The molecule has 4 N–H and O–H groups in total. The number of hydrogen-bond acceptors (Lipinski definition) is 4. The van der Waals surface area contributed by atoms with E-state index in [1.807, 2.05) is 28.8 Å². The molecule has 1 aromatic carbocycles. The summed E-state index contributed by atoms with van der Waals surface area (Å²) in [6.07, 6.45) is 0. The number of amides is 1. The first-order valence-electron chi connectivity index (χ1n) is 5.25. The lowest BCUT2D eigenvalue weighted by Gasteiger charge is -2.06. The van der Waals surface area contributed by atoms with Gasteiger partial charge in [0.1, 0.15) is 6.61 Å². The molecule has 0 aliphatic heterocycles. The maximum atomic E-state index is 10.5. The molecule has 0 bridgehead atoms. The van der Waals surface area contributed by atoms with Crippen molar-refractivity contribution in [3.63, 3.8) is 0 Å². The molecule has 6 heteroatoms. The molecule has 1 amide bonds. The van der Waals surface area contributed by atoms with Crippen molar-refractivity contribution >= 4 is 22.9 Å². The summed E-state index contributed by atoms with van der Waals surface area (Å²) >= 11 is 0. The molecular weight excluding hydrogens is 220 g/mol. The maximum Gasteiger partial charge on any atom is 0.243 e. The Bertz CT molecular complexity index is 535. The van der Waals surface area contributed by atoms with Gasteiger partial charge in [0.25, 0.3) is 0 Å². The zero-order valence-corrected chi connectivity index (χ0v) is 9.30. The Morgan fingerprint density at radius 3 is 2.94 bits per heavy atom. The molecule has 0 saturated heterocycles. The van der Waals surface area contributed by atoms with Gasteiger partial charge in [-0.3, -0.25) is 4.79 Å². The lowest BCUT2D eigenvalue weighted by molar-refractivity contribution is -0.122. The molecule has 90 valence electrons. The molecule has 2 aromatic rings. The van der Waals surface area contributed by atoms with Crippen LogP contribution in [0.5, 0.6) is 0 Å². The van der Waals surface area contributed by atoms with Gasteiger partial charge in [-0.05, 0) is 12.1 Å². The van der Waals surface area contributed by atoms with Gasteiger partial charge in [-0.1, -0.05) is 12.1 Å². The Morgan fingerprint density at radius 1 is 1.41 bits per heavy atom. The summed E-state index contributed by atoms with van der Waals surface area (Å²) in [5.41, 5.74) is 12.6. The van der Waals surface area contributed by atoms with Crippen molar-refractivity contribution in [2.75, 3.05) is 18.9 Å². The minimum atomic E-state index is -0.478. The molecule has 6 nitrogen and oxygen atoms in total. The molecule has 2 rings (SSSR count). The van der Waals surface area contributed by atoms with E-state index in [1.54, 1.807) is 0 Å². The molecule has 1 heterocycles. The molecule has 0 radical (unpaired) electrons. The number of primary amides is 1. The Labute approximate surface area is 98.2 Å². The number of imidazole rings is 1. The fourth-order valence-electron chi connectivity index (χ4n) is 1.66. The number of nitrogens with two attached hydrogens (primary N) is 2. The Morgan fingerprint density at radius 2 is 2.18 bits per heavy atom. The number of rotatable bonds is 5. The maximum absolute atomic E-state index is 10.5. The van der Waals surface area contributed by atoms with Crippen LogP contribution in [0.15, 0.2) is 24.3 Å². The Kier molecular flexibility index (Phi) is 3.24. The van der Waals surface area contributed by atoms with Gasteiger partial charge in [0, 0.05) is 6.54 Å². The largest absolute Gasteiger partial charge is 0.370 e. The number of nitrogen functional groups attached to an aromatic ring is 1. The highest BCUT2D eigenvalue weighted by molar-refractivity contribution is 5.78. The van der Waals surface area contributed by atoms with Crippen LogP contribution >= 0.6 is 0 Å². The van der Waals surface area contributed by atoms with Crippen molar-refractivity contribution in [2.45, 2.75) is 6.54 Å². The van der Waals surface area contributed by atoms with Crippen molar-refractivity contribution < 1.29 is 9.53 Å². The van der Waals surface area contributed by atoms with E-state index in [-0.39, 0.29) is 6.61 Å². The first-order chi connectivity index (χ1) is 8.18. The van der Waals surface area contributed by atoms with Crippen LogP contribution in [0.3, 0.4) is 0 Å². The molecule has 1 aromatic heterocycles. The number of fused-ring (bicyclic) bond motifs is 1. The SMILES string of the molecule is NC(=O)COCCn1c(N)nc2ccccc21. The summed E-state index contributed by atoms with van der Waals surface area (Å²) in [7, 11) is 0. The van der Waals surface area contributed by atoms with Crippen LogP contribution < -0.4 is 11.5 Å². The summed E-state index contributed by atoms with van der Waals surface area (Å²) in [5, 5.41) is 0. The quantitative estimate of drug-likeness (QED) is 0.718. The van der Waals surface area contributed by atoms with Gasteiger partial charge >= 0.3 is 0 Å². The van der Waals surface area contributed by atoms with Crippen molar-refractivity contribution in [3.8, 4) is 0 Å². The highest BCUT2D eigenvalue weighted by atomic mass is 16.5. The first kappa shape index (κ1) is 11.4. The standard InChI is InChI=1S/C11H14N4O2/c12-10(16)7-17-6-5-15-9-4-2-1-3-8(9)14-11(15)13/h1-4H,5-7H2,(H2,12,16)(H2,13,14). The molecular formula is C11H14N4O2. The predicted molar refractivity (Wildman–Crippen MR) is 64.2 cm³/mol. The van der Waals surface area contributed by atoms with E-state index in [9.17, 15) is 4.79 Å². The second-order valence-corrected chi connectivity index (χ2v) is 3.63. The van der Waals surface area contributed by atoms with Crippen molar-refractivity contribution in [1.82, 2.24) is 9.55 Å². The lowest BCUT2D eigenvalue weighted by atomic mass is 10.3. The molecule has 0 atom stereocenters. The highest BCUT2D eigenvalue weighted by Gasteiger charge is 2.06. The average molecular weight is 234 g/mol. The van der Waals surface area contributed by atoms with Gasteiger partial charge in [-0.15, -0.1) is 0 Å². The summed E-state index contributed by atoms with van der Waals surface area (Å²) < 4.78 is 6.94. The van der Waals surface area contributed by atoms with Crippen molar-refractivity contribution in [1.29, 1.82) is 0 Å². The van der Waals surface area contributed by atoms with Gasteiger partial charge in [0.05, 0.1) is 17.6 Å². The van der Waals surface area contributed by atoms with Crippen LogP contribution in [0.1, 0.15) is 0 Å². The van der Waals surface area contributed by atoms with Gasteiger partial charge < -0.3 is 20.8 Å². The van der Waals surface area contributed by atoms with E-state index < -0.39 is 5.91 Å². The van der Waals surface area contributed by atoms with Crippen LogP contribution in [-0.2, 0) is 16.1 Å². The fraction of sp³-hybridized carbons (Fsp3) is 0.273. The van der Waals surface area contributed by atoms with Crippen molar-refractivity contribution in [3.05, 3.63) is 24.3 Å². The summed E-state index contributed by atoms with van der Waals surface area (Å²) in [5.74, 6) is -0.0395. The van der Waals surface area contributed by atoms with E-state index in [1.165, 1.54) is 0 Å². The lowest BCUT2D eigenvalue weighted by Crippen LogP contribution is -2.20. The van der Waals surface area contributed by atoms with Crippen LogP contribution in [0.2, 0.25) is 0 Å². The van der Waals surface area contributed by atoms with Crippen LogP contribution in [0.4, 0.5) is 5.95 Å². The zero-order valence-electron chi connectivity index (χ0n) is 9.30. The number of hydrogen-bond donors (Lipinski definition) is 2. The first-order valence-corrected chi connectivity index (χ1v) is 5.25. The normalized spacial score (nSPS) is 10.8. The minimum absolute atomic E-state index is 0.0769. The molecule has 0 unspecified atom stereocenters. The fourth-order valence-corrected chi connectivity index (χ4v) is 1.66. The van der Waals surface area contributed by atoms with Crippen LogP contribution in [-0.4, -0.2) is 28.7 Å².